The molecule has 6 heteroatoms. The quantitative estimate of drug-likeness (QED) is 0.743. The highest BCUT2D eigenvalue weighted by atomic mass is 16.5. The van der Waals surface area contributed by atoms with E-state index in [1.807, 2.05) is 0 Å². The molecule has 94 valence electrons. The number of benzene rings is 1. The van der Waals surface area contributed by atoms with Gasteiger partial charge in [-0.1, -0.05) is 0 Å². The summed E-state index contributed by atoms with van der Waals surface area (Å²) in [5, 5.41) is 3.93. The Labute approximate surface area is 104 Å². The van der Waals surface area contributed by atoms with E-state index >= 15 is 0 Å². The second kappa shape index (κ2) is 5.31. The van der Waals surface area contributed by atoms with Gasteiger partial charge in [0.1, 0.15) is 24.4 Å². The monoisotopic (exact) mass is 247 g/mol. The van der Waals surface area contributed by atoms with Gasteiger partial charge in [0.15, 0.2) is 12.1 Å². The van der Waals surface area contributed by atoms with Crippen molar-refractivity contribution in [1.82, 2.24) is 14.8 Å². The van der Waals surface area contributed by atoms with Crippen LogP contribution in [0.25, 0.3) is 0 Å². The highest BCUT2D eigenvalue weighted by Crippen LogP contribution is 2.23. The van der Waals surface area contributed by atoms with Gasteiger partial charge < -0.3 is 9.47 Å². The van der Waals surface area contributed by atoms with Gasteiger partial charge in [0, 0.05) is 7.05 Å². The van der Waals surface area contributed by atoms with Crippen molar-refractivity contribution in [3.05, 3.63) is 35.9 Å². The van der Waals surface area contributed by atoms with E-state index in [4.69, 9.17) is 9.47 Å². The van der Waals surface area contributed by atoms with Gasteiger partial charge in [-0.25, -0.2) is 4.98 Å². The van der Waals surface area contributed by atoms with Gasteiger partial charge in [-0.05, 0) is 18.2 Å². The van der Waals surface area contributed by atoms with E-state index in [2.05, 4.69) is 10.1 Å². The van der Waals surface area contributed by atoms with Crippen LogP contribution in [0.2, 0.25) is 0 Å². The van der Waals surface area contributed by atoms with Crippen LogP contribution in [0.5, 0.6) is 11.5 Å². The van der Waals surface area contributed by atoms with Crippen LogP contribution in [-0.2, 0) is 13.7 Å². The number of aryl methyl sites for hydroxylation is 1. The van der Waals surface area contributed by atoms with Crippen molar-refractivity contribution in [2.45, 2.75) is 6.61 Å². The first-order valence-corrected chi connectivity index (χ1v) is 5.33. The van der Waals surface area contributed by atoms with Crippen LogP contribution in [0.15, 0.2) is 24.5 Å². The fourth-order valence-electron chi connectivity index (χ4n) is 1.47. The number of methoxy groups -OCH3 is 1. The Morgan fingerprint density at radius 1 is 1.44 bits per heavy atom. The zero-order valence-corrected chi connectivity index (χ0v) is 10.2. The first-order chi connectivity index (χ1) is 8.74. The topological polar surface area (TPSA) is 66.2 Å². The van der Waals surface area contributed by atoms with Crippen molar-refractivity contribution in [2.24, 2.45) is 7.05 Å². The fourth-order valence-corrected chi connectivity index (χ4v) is 1.47. The number of ether oxygens (including phenoxy) is 2. The molecule has 2 rings (SSSR count). The van der Waals surface area contributed by atoms with Crippen molar-refractivity contribution in [3.8, 4) is 11.5 Å². The molecule has 0 N–H and O–H groups in total. The number of hydrogen-bond acceptors (Lipinski definition) is 5. The van der Waals surface area contributed by atoms with Gasteiger partial charge in [0.25, 0.3) is 0 Å². The van der Waals surface area contributed by atoms with E-state index in [1.54, 1.807) is 37.0 Å². The molecule has 0 fully saturated rings. The van der Waals surface area contributed by atoms with Crippen LogP contribution >= 0.6 is 0 Å². The molecule has 6 nitrogen and oxygen atoms in total. The fraction of sp³-hybridized carbons (Fsp3) is 0.250. The summed E-state index contributed by atoms with van der Waals surface area (Å²) in [7, 11) is 3.32. The van der Waals surface area contributed by atoms with Crippen LogP contribution in [0, 0.1) is 0 Å². The highest BCUT2D eigenvalue weighted by molar-refractivity contribution is 5.80. The van der Waals surface area contributed by atoms with Crippen LogP contribution < -0.4 is 9.47 Å². The molecule has 1 aromatic heterocycles. The van der Waals surface area contributed by atoms with E-state index in [1.165, 1.54) is 6.33 Å². The molecule has 0 bridgehead atoms. The molecule has 1 aromatic carbocycles. The SMILES string of the molecule is COc1ccc(OCc2ncnn2C)c(C=O)c1. The summed E-state index contributed by atoms with van der Waals surface area (Å²) in [5.41, 5.74) is 0.441. The van der Waals surface area contributed by atoms with Crippen LogP contribution in [0.3, 0.4) is 0 Å². The maximum absolute atomic E-state index is 11.0. The lowest BCUT2D eigenvalue weighted by Crippen LogP contribution is -2.05. The Hall–Kier alpha value is -2.37. The van der Waals surface area contributed by atoms with Gasteiger partial charge in [-0.15, -0.1) is 0 Å². The molecular weight excluding hydrogens is 234 g/mol. The van der Waals surface area contributed by atoms with Crippen molar-refractivity contribution < 1.29 is 14.3 Å². The minimum atomic E-state index is 0.254. The number of aldehydes is 1. The molecule has 0 saturated carbocycles. The predicted molar refractivity (Wildman–Crippen MR) is 63.7 cm³/mol. The molecule has 0 spiro atoms. The first kappa shape index (κ1) is 12.1. The van der Waals surface area contributed by atoms with Crippen LogP contribution in [-0.4, -0.2) is 28.2 Å². The Morgan fingerprint density at radius 3 is 2.89 bits per heavy atom. The van der Waals surface area contributed by atoms with Gasteiger partial charge in [-0.2, -0.15) is 5.10 Å². The summed E-state index contributed by atoms with van der Waals surface area (Å²) in [5.74, 6) is 1.79. The third-order valence-electron chi connectivity index (χ3n) is 2.51. The van der Waals surface area contributed by atoms with Gasteiger partial charge in [-0.3, -0.25) is 9.48 Å². The molecule has 0 amide bonds. The smallest absolute Gasteiger partial charge is 0.164 e. The Kier molecular flexibility index (Phi) is 3.57. The molecular formula is C12H13N3O3. The van der Waals surface area contributed by atoms with Crippen LogP contribution in [0.4, 0.5) is 0 Å². The zero-order valence-electron chi connectivity index (χ0n) is 10.2. The second-order valence-corrected chi connectivity index (χ2v) is 3.61. The summed E-state index contributed by atoms with van der Waals surface area (Å²) < 4.78 is 12.2. The Bertz CT molecular complexity index is 551. The summed E-state index contributed by atoms with van der Waals surface area (Å²) >= 11 is 0. The number of rotatable bonds is 5. The molecule has 0 unspecified atom stereocenters. The third-order valence-corrected chi connectivity index (χ3v) is 2.51. The number of aromatic nitrogens is 3. The predicted octanol–water partition coefficient (Wildman–Crippen LogP) is 1.22. The van der Waals surface area contributed by atoms with Crippen molar-refractivity contribution in [1.29, 1.82) is 0 Å². The Balaban J connectivity index is 2.14. The molecule has 18 heavy (non-hydrogen) atoms. The zero-order chi connectivity index (χ0) is 13.0. The maximum Gasteiger partial charge on any atom is 0.164 e. The lowest BCUT2D eigenvalue weighted by atomic mass is 10.2. The third kappa shape index (κ3) is 2.48. The van der Waals surface area contributed by atoms with E-state index in [9.17, 15) is 4.79 Å². The van der Waals surface area contributed by atoms with Crippen molar-refractivity contribution in [3.63, 3.8) is 0 Å². The highest BCUT2D eigenvalue weighted by Gasteiger charge is 2.07. The average molecular weight is 247 g/mol. The lowest BCUT2D eigenvalue weighted by Gasteiger charge is -2.09. The molecule has 0 aliphatic heterocycles. The number of nitrogens with zero attached hydrogens (tertiary/aromatic N) is 3. The van der Waals surface area contributed by atoms with Crippen molar-refractivity contribution in [2.75, 3.05) is 7.11 Å². The van der Waals surface area contributed by atoms with Gasteiger partial charge in [0.05, 0.1) is 12.7 Å². The van der Waals surface area contributed by atoms with Gasteiger partial charge >= 0.3 is 0 Å². The Morgan fingerprint density at radius 2 is 2.28 bits per heavy atom. The minimum Gasteiger partial charge on any atom is -0.497 e. The largest absolute Gasteiger partial charge is 0.497 e. The number of carbonyl (C=O) groups is 1. The molecule has 0 aliphatic rings. The second-order valence-electron chi connectivity index (χ2n) is 3.61. The van der Waals surface area contributed by atoms with Gasteiger partial charge in [0.2, 0.25) is 0 Å². The standard InChI is InChI=1S/C12H13N3O3/c1-15-12(13-8-14-15)7-18-11-4-3-10(17-2)5-9(11)6-16/h3-6,8H,7H2,1-2H3. The minimum absolute atomic E-state index is 0.254. The normalized spacial score (nSPS) is 10.1. The summed E-state index contributed by atoms with van der Waals surface area (Å²) in [6.45, 7) is 0.254. The van der Waals surface area contributed by atoms with Crippen LogP contribution in [0.1, 0.15) is 16.2 Å². The molecule has 0 atom stereocenters. The lowest BCUT2D eigenvalue weighted by molar-refractivity contribution is 0.111. The maximum atomic E-state index is 11.0. The number of carbonyl (C=O) groups excluding carboxylic acids is 1. The number of hydrogen-bond donors (Lipinski definition) is 0. The molecule has 2 aromatic rings. The van der Waals surface area contributed by atoms with E-state index in [0.717, 1.165) is 6.29 Å². The molecule has 0 saturated heterocycles. The van der Waals surface area contributed by atoms with E-state index in [-0.39, 0.29) is 6.61 Å². The summed E-state index contributed by atoms with van der Waals surface area (Å²) in [6.07, 6.45) is 2.18. The van der Waals surface area contributed by atoms with E-state index < -0.39 is 0 Å². The average Bonchev–Trinajstić information content (AvgIpc) is 2.81. The van der Waals surface area contributed by atoms with Crippen molar-refractivity contribution >= 4 is 6.29 Å². The first-order valence-electron chi connectivity index (χ1n) is 5.33. The summed E-state index contributed by atoms with van der Waals surface area (Å²) in [6, 6.07) is 5.05. The summed E-state index contributed by atoms with van der Waals surface area (Å²) in [4.78, 5) is 15.0. The van der Waals surface area contributed by atoms with E-state index in [0.29, 0.717) is 22.9 Å². The molecule has 0 radical (unpaired) electrons. The molecule has 1 heterocycles. The molecule has 0 aliphatic carbocycles.